The number of nitrogens with zero attached hydrogens (tertiary/aromatic N) is 1. The van der Waals surface area contributed by atoms with Crippen LogP contribution in [0.4, 0.5) is 0 Å². The predicted octanol–water partition coefficient (Wildman–Crippen LogP) is 2.11. The summed E-state index contributed by atoms with van der Waals surface area (Å²) in [5, 5.41) is 8.25. The van der Waals surface area contributed by atoms with Crippen molar-refractivity contribution in [2.45, 2.75) is 50.8 Å². The van der Waals surface area contributed by atoms with Gasteiger partial charge in [-0.25, -0.2) is 4.79 Å². The Kier molecular flexibility index (Phi) is 7.54. The molecule has 0 radical (unpaired) electrons. The Morgan fingerprint density at radius 1 is 1.13 bits per heavy atom. The van der Waals surface area contributed by atoms with Gasteiger partial charge in [0.1, 0.15) is 0 Å². The summed E-state index contributed by atoms with van der Waals surface area (Å²) in [6, 6.07) is 6.50. The highest BCUT2D eigenvalue weighted by Gasteiger charge is 2.46. The maximum absolute atomic E-state index is 13.0. The molecular formula is C21H26N2O6S. The zero-order chi connectivity index (χ0) is 22.6. The number of hydrogen-bond donors (Lipinski definition) is 2. The predicted molar refractivity (Wildman–Crippen MR) is 112 cm³/mol. The number of Topliss-reactive ketones (excluding diaryl/α,β-unsaturated/α-hetero) is 1. The number of rotatable bonds is 10. The van der Waals surface area contributed by atoms with Gasteiger partial charge in [-0.15, -0.1) is 0 Å². The van der Waals surface area contributed by atoms with Crippen LogP contribution in [0.5, 0.6) is 0 Å². The number of ketones is 1. The van der Waals surface area contributed by atoms with Crippen LogP contribution >= 0.6 is 11.8 Å². The Bertz CT molecular complexity index is 849. The average Bonchev–Trinajstić information content (AvgIpc) is 2.90. The van der Waals surface area contributed by atoms with E-state index in [2.05, 4.69) is 0 Å². The average molecular weight is 435 g/mol. The van der Waals surface area contributed by atoms with Crippen LogP contribution < -0.4 is 5.73 Å². The van der Waals surface area contributed by atoms with Crippen molar-refractivity contribution in [2.75, 3.05) is 6.54 Å². The number of fused-ring (bicyclic) bond motifs is 1. The molecule has 0 fully saturated rings. The van der Waals surface area contributed by atoms with Gasteiger partial charge in [0, 0.05) is 13.5 Å². The van der Waals surface area contributed by atoms with Crippen LogP contribution in [0.1, 0.15) is 60.7 Å². The van der Waals surface area contributed by atoms with Gasteiger partial charge in [0.05, 0.1) is 16.4 Å². The number of amides is 2. The van der Waals surface area contributed by atoms with Gasteiger partial charge < -0.3 is 10.8 Å². The lowest BCUT2D eigenvalue weighted by Crippen LogP contribution is -2.58. The number of thioether (sulfide) groups is 1. The van der Waals surface area contributed by atoms with Crippen LogP contribution in [0.3, 0.4) is 0 Å². The standard InChI is InChI=1S/C21H26N2O6S/c1-12(2)11-21(22,20(28)29)17(25)16(30-13(3)24)9-6-10-23-18(26)14-7-4-5-8-15(14)19(23)27/h4-5,7-8,12,16H,6,9-11,22H2,1-3H3,(H,28,29)/t16?,21-/m1/s1. The van der Waals surface area contributed by atoms with E-state index in [0.717, 1.165) is 16.7 Å². The van der Waals surface area contributed by atoms with E-state index in [1.807, 2.05) is 0 Å². The van der Waals surface area contributed by atoms with Crippen molar-refractivity contribution in [1.29, 1.82) is 0 Å². The summed E-state index contributed by atoms with van der Waals surface area (Å²) >= 11 is 0.730. The Balaban J connectivity index is 2.11. The van der Waals surface area contributed by atoms with Crippen LogP contribution in [0.25, 0.3) is 0 Å². The number of imide groups is 1. The van der Waals surface area contributed by atoms with Gasteiger partial charge in [0.2, 0.25) is 0 Å². The minimum atomic E-state index is -2.10. The normalized spacial score (nSPS) is 16.4. The molecule has 162 valence electrons. The third-order valence-corrected chi connectivity index (χ3v) is 5.94. The number of benzene rings is 1. The molecule has 2 rings (SSSR count). The molecule has 1 unspecified atom stereocenters. The van der Waals surface area contributed by atoms with E-state index < -0.39 is 34.4 Å². The summed E-state index contributed by atoms with van der Waals surface area (Å²) < 4.78 is 0. The maximum atomic E-state index is 13.0. The van der Waals surface area contributed by atoms with Crippen molar-refractivity contribution in [1.82, 2.24) is 4.90 Å². The molecule has 1 aliphatic heterocycles. The first-order valence-corrected chi connectivity index (χ1v) is 10.6. The molecule has 9 heteroatoms. The van der Waals surface area contributed by atoms with Gasteiger partial charge >= 0.3 is 5.97 Å². The number of nitrogens with two attached hydrogens (primary N) is 1. The van der Waals surface area contributed by atoms with Gasteiger partial charge in [-0.2, -0.15) is 0 Å². The second-order valence-electron chi connectivity index (χ2n) is 7.79. The summed E-state index contributed by atoms with van der Waals surface area (Å²) in [6.07, 6.45) is 0.287. The van der Waals surface area contributed by atoms with E-state index in [4.69, 9.17) is 5.73 Å². The molecular weight excluding hydrogens is 408 g/mol. The van der Waals surface area contributed by atoms with Crippen LogP contribution in [0.15, 0.2) is 24.3 Å². The van der Waals surface area contributed by atoms with Gasteiger partial charge in [0.15, 0.2) is 16.4 Å². The van der Waals surface area contributed by atoms with E-state index >= 15 is 0 Å². The highest BCUT2D eigenvalue weighted by molar-refractivity contribution is 8.14. The summed E-state index contributed by atoms with van der Waals surface area (Å²) in [6.45, 7) is 4.86. The molecule has 1 aromatic carbocycles. The molecule has 0 aliphatic carbocycles. The van der Waals surface area contributed by atoms with E-state index in [-0.39, 0.29) is 36.8 Å². The monoisotopic (exact) mass is 434 g/mol. The minimum absolute atomic E-state index is 0.0589. The topological polar surface area (TPSA) is 135 Å². The molecule has 0 aromatic heterocycles. The van der Waals surface area contributed by atoms with E-state index in [1.54, 1.807) is 38.1 Å². The maximum Gasteiger partial charge on any atom is 0.331 e. The number of carboxylic acids is 1. The SMILES string of the molecule is CC(=O)SC(CCCN1C(=O)c2ccccc2C1=O)C(=O)[C@](N)(CC(C)C)C(=O)O. The summed E-state index contributed by atoms with van der Waals surface area (Å²) in [5.74, 6) is -3.12. The zero-order valence-corrected chi connectivity index (χ0v) is 18.0. The van der Waals surface area contributed by atoms with E-state index in [9.17, 15) is 29.1 Å². The minimum Gasteiger partial charge on any atom is -0.480 e. The number of carboxylic acid groups (broad SMARTS) is 1. The van der Waals surface area contributed by atoms with Gasteiger partial charge in [-0.05, 0) is 37.3 Å². The Labute approximate surface area is 179 Å². The molecule has 1 heterocycles. The molecule has 0 saturated carbocycles. The third kappa shape index (κ3) is 4.96. The molecule has 3 N–H and O–H groups in total. The Morgan fingerprint density at radius 3 is 2.10 bits per heavy atom. The molecule has 0 saturated heterocycles. The molecule has 30 heavy (non-hydrogen) atoms. The molecule has 8 nitrogen and oxygen atoms in total. The Hall–Kier alpha value is -2.52. The molecule has 0 bridgehead atoms. The number of hydrogen-bond acceptors (Lipinski definition) is 7. The Morgan fingerprint density at radius 2 is 1.67 bits per heavy atom. The lowest BCUT2D eigenvalue weighted by molar-refractivity contribution is -0.149. The highest BCUT2D eigenvalue weighted by atomic mass is 32.2. The first kappa shape index (κ1) is 23.8. The molecule has 1 aliphatic rings. The lowest BCUT2D eigenvalue weighted by Gasteiger charge is -2.29. The summed E-state index contributed by atoms with van der Waals surface area (Å²) in [7, 11) is 0. The van der Waals surface area contributed by atoms with Crippen LogP contribution in [0.2, 0.25) is 0 Å². The smallest absolute Gasteiger partial charge is 0.331 e. The van der Waals surface area contributed by atoms with Crippen molar-refractivity contribution >= 4 is 40.4 Å². The lowest BCUT2D eigenvalue weighted by atomic mass is 9.83. The molecule has 2 amide bonds. The van der Waals surface area contributed by atoms with Gasteiger partial charge in [-0.1, -0.05) is 37.7 Å². The van der Waals surface area contributed by atoms with Crippen LogP contribution in [-0.2, 0) is 14.4 Å². The van der Waals surface area contributed by atoms with Crippen molar-refractivity contribution in [2.24, 2.45) is 11.7 Å². The molecule has 1 aromatic rings. The second-order valence-corrected chi connectivity index (χ2v) is 9.17. The molecule has 0 spiro atoms. The zero-order valence-electron chi connectivity index (χ0n) is 17.2. The third-order valence-electron chi connectivity index (χ3n) is 4.88. The molecule has 2 atom stereocenters. The van der Waals surface area contributed by atoms with E-state index in [0.29, 0.717) is 11.1 Å². The largest absolute Gasteiger partial charge is 0.480 e. The van der Waals surface area contributed by atoms with Crippen molar-refractivity contribution in [3.05, 3.63) is 35.4 Å². The van der Waals surface area contributed by atoms with Crippen molar-refractivity contribution in [3.8, 4) is 0 Å². The number of carbonyl (C=O) groups excluding carboxylic acids is 4. The number of aliphatic carboxylic acids is 1. The highest BCUT2D eigenvalue weighted by Crippen LogP contribution is 2.28. The van der Waals surface area contributed by atoms with Gasteiger partial charge in [0.25, 0.3) is 11.8 Å². The van der Waals surface area contributed by atoms with Crippen molar-refractivity contribution in [3.63, 3.8) is 0 Å². The first-order valence-electron chi connectivity index (χ1n) is 9.68. The van der Waals surface area contributed by atoms with Crippen LogP contribution in [0, 0.1) is 5.92 Å². The second kappa shape index (κ2) is 9.53. The van der Waals surface area contributed by atoms with E-state index in [1.165, 1.54) is 6.92 Å². The summed E-state index contributed by atoms with van der Waals surface area (Å²) in [5.41, 5.74) is 4.53. The first-order chi connectivity index (χ1) is 14.0. The fourth-order valence-electron chi connectivity index (χ4n) is 3.55. The van der Waals surface area contributed by atoms with Crippen LogP contribution in [-0.4, -0.2) is 56.0 Å². The fourth-order valence-corrected chi connectivity index (χ4v) is 4.55. The fraction of sp³-hybridized carbons (Fsp3) is 0.476. The summed E-state index contributed by atoms with van der Waals surface area (Å²) in [4.78, 5) is 62.4. The van der Waals surface area contributed by atoms with Crippen molar-refractivity contribution < 1.29 is 29.1 Å². The quantitative estimate of drug-likeness (QED) is 0.422. The van der Waals surface area contributed by atoms with Gasteiger partial charge in [-0.3, -0.25) is 24.1 Å². The number of carbonyl (C=O) groups is 5.